The Kier molecular flexibility index (Phi) is 4.89. The monoisotopic (exact) mass is 315 g/mol. The van der Waals surface area contributed by atoms with Crippen molar-refractivity contribution in [2.45, 2.75) is 25.9 Å². The normalized spacial score (nSPS) is 25.9. The summed E-state index contributed by atoms with van der Waals surface area (Å²) in [4.78, 5) is 24.5. The second kappa shape index (κ2) is 5.62. The first kappa shape index (κ1) is 17.4. The van der Waals surface area contributed by atoms with Crippen molar-refractivity contribution in [3.8, 4) is 0 Å². The van der Waals surface area contributed by atoms with E-state index in [1.54, 1.807) is 13.8 Å². The topological polar surface area (TPSA) is 130 Å². The van der Waals surface area contributed by atoms with E-state index >= 15 is 0 Å². The van der Waals surface area contributed by atoms with Crippen molar-refractivity contribution in [3.63, 3.8) is 0 Å². The summed E-state index contributed by atoms with van der Waals surface area (Å²) in [5.74, 6) is -0.711. The number of urea groups is 1. The van der Waals surface area contributed by atoms with Gasteiger partial charge in [-0.05, 0) is 25.0 Å². The van der Waals surface area contributed by atoms with Gasteiger partial charge in [0.25, 0.3) is 0 Å². The molecule has 0 radical (unpaired) electrons. The molecule has 2 atom stereocenters. The van der Waals surface area contributed by atoms with Gasteiger partial charge < -0.3 is 12.1 Å². The van der Waals surface area contributed by atoms with Crippen LogP contribution in [0.5, 0.6) is 0 Å². The van der Waals surface area contributed by atoms with E-state index in [4.69, 9.17) is 10.3 Å². The van der Waals surface area contributed by atoms with Crippen LogP contribution < -0.4 is 35.3 Å². The smallest absolute Gasteiger partial charge is 1.00 e. The number of nitrogens with two attached hydrogens (primary N) is 1. The number of hydrogen-bond acceptors (Lipinski definition) is 5. The minimum Gasteiger partial charge on any atom is -1.00 e. The van der Waals surface area contributed by atoms with E-state index < -0.39 is 34.4 Å². The molecule has 0 aromatic heterocycles. The van der Waals surface area contributed by atoms with Gasteiger partial charge in [0, 0.05) is 0 Å². The van der Waals surface area contributed by atoms with Crippen LogP contribution in [0.3, 0.4) is 0 Å². The molecule has 3 amide bonds. The van der Waals surface area contributed by atoms with E-state index in [1.807, 2.05) is 0 Å². The number of primary amides is 1. The Bertz CT molecular complexity index is 594. The van der Waals surface area contributed by atoms with Crippen LogP contribution in [-0.2, 0) is 19.5 Å². The third kappa shape index (κ3) is 2.85. The Labute approximate surface area is 139 Å². The minimum atomic E-state index is -4.82. The molecular weight excluding hydrogens is 301 g/mol. The molecule has 2 bridgehead atoms. The summed E-state index contributed by atoms with van der Waals surface area (Å²) in [5.41, 5.74) is 6.42. The summed E-state index contributed by atoms with van der Waals surface area (Å²) < 4.78 is 34.4. The molecule has 0 aromatic carbocycles. The van der Waals surface area contributed by atoms with Gasteiger partial charge in [-0.25, -0.2) is 4.79 Å². The maximum atomic E-state index is 12.0. The van der Waals surface area contributed by atoms with Crippen LogP contribution in [0.2, 0.25) is 0 Å². The quantitative estimate of drug-likeness (QED) is 0.311. The van der Waals surface area contributed by atoms with Crippen LogP contribution in [0.1, 0.15) is 15.3 Å². The number of carbonyl (C=O) groups is 2. The summed E-state index contributed by atoms with van der Waals surface area (Å²) in [7, 11) is -4.82. The van der Waals surface area contributed by atoms with Crippen molar-refractivity contribution in [1.82, 2.24) is 9.96 Å². The number of carbonyl (C=O) groups excluding carboxylic acids is 2. The molecule has 0 aliphatic carbocycles. The van der Waals surface area contributed by atoms with E-state index in [-0.39, 0.29) is 37.5 Å². The molecule has 108 valence electrons. The molecule has 2 aliphatic heterocycles. The predicted molar refractivity (Wildman–Crippen MR) is 62.8 cm³/mol. The maximum absolute atomic E-state index is 12.0. The molecule has 0 unspecified atom stereocenters. The largest absolute Gasteiger partial charge is 1.00 e. The predicted octanol–water partition coefficient (Wildman–Crippen LogP) is -3.85. The van der Waals surface area contributed by atoms with E-state index in [0.717, 1.165) is 4.90 Å². The van der Waals surface area contributed by atoms with Gasteiger partial charge in [-0.3, -0.25) is 9.35 Å². The zero-order valence-electron chi connectivity index (χ0n) is 12.2. The summed E-state index contributed by atoms with van der Waals surface area (Å²) in [6.45, 7) is 3.35. The Morgan fingerprint density at radius 3 is 2.45 bits per heavy atom. The Hall–Kier alpha value is -0.650. The summed E-state index contributed by atoms with van der Waals surface area (Å²) >= 11 is 0. The summed E-state index contributed by atoms with van der Waals surface area (Å²) in [6, 6.07) is -2.44. The SMILES string of the molecule is CC1=C(C)[C@@H]2CN(C(=O)N2OS(=O)(=O)O)[C@@H]1C(N)=O.[H-].[Na+]. The number of rotatable bonds is 3. The standard InChI is InChI=1S/C9H13N3O6S.Na.H/c1-4-5(2)7(8(10)13)11-3-6(4)12(9(11)14)18-19(15,16)17;;/h6-7H,3H2,1-2H3,(H2,10,13)(H,15,16,17);;/q;+1;-1/t6-,7-;;/m0../s1. The van der Waals surface area contributed by atoms with Crippen LogP contribution in [0, 0.1) is 0 Å². The number of hydroxylamine groups is 2. The molecule has 1 saturated heterocycles. The molecule has 2 aliphatic rings. The number of hydrogen-bond donors (Lipinski definition) is 2. The van der Waals surface area contributed by atoms with Crippen LogP contribution >= 0.6 is 0 Å². The second-order valence-corrected chi connectivity index (χ2v) is 5.45. The zero-order valence-corrected chi connectivity index (χ0v) is 14.0. The number of amides is 3. The van der Waals surface area contributed by atoms with Gasteiger partial charge >= 0.3 is 46.0 Å². The molecule has 9 nitrogen and oxygen atoms in total. The van der Waals surface area contributed by atoms with Crippen molar-refractivity contribution in [2.75, 3.05) is 6.54 Å². The van der Waals surface area contributed by atoms with Crippen LogP contribution in [-0.4, -0.2) is 53.5 Å². The van der Waals surface area contributed by atoms with Crippen molar-refractivity contribution in [1.29, 1.82) is 0 Å². The Morgan fingerprint density at radius 1 is 1.45 bits per heavy atom. The molecular formula is C9H14N3NaO6S. The third-order valence-electron chi connectivity index (χ3n) is 3.37. The molecule has 0 aromatic rings. The molecule has 3 N–H and O–H groups in total. The maximum Gasteiger partial charge on any atom is 1.00 e. The average Bonchev–Trinajstić information content (AvgIpc) is 2.51. The Morgan fingerprint density at radius 2 is 2.00 bits per heavy atom. The van der Waals surface area contributed by atoms with Gasteiger partial charge in [-0.2, -0.15) is 13.5 Å². The molecule has 20 heavy (non-hydrogen) atoms. The summed E-state index contributed by atoms with van der Waals surface area (Å²) in [5, 5.41) is 0.539. The number of fused-ring (bicyclic) bond motifs is 2. The Balaban J connectivity index is 0.00000200. The molecule has 0 saturated carbocycles. The van der Waals surface area contributed by atoms with Crippen molar-refractivity contribution in [3.05, 3.63) is 11.1 Å². The van der Waals surface area contributed by atoms with Gasteiger partial charge in [0.15, 0.2) is 0 Å². The van der Waals surface area contributed by atoms with Crippen molar-refractivity contribution >= 4 is 22.3 Å². The van der Waals surface area contributed by atoms with Gasteiger partial charge in [0.05, 0.1) is 6.54 Å². The van der Waals surface area contributed by atoms with Gasteiger partial charge in [0.2, 0.25) is 5.91 Å². The van der Waals surface area contributed by atoms with E-state index in [0.29, 0.717) is 16.2 Å². The fraction of sp³-hybridized carbons (Fsp3) is 0.556. The summed E-state index contributed by atoms with van der Waals surface area (Å²) in [6.07, 6.45) is 0. The van der Waals surface area contributed by atoms with Crippen LogP contribution in [0.4, 0.5) is 4.79 Å². The zero-order chi connectivity index (χ0) is 14.5. The minimum absolute atomic E-state index is 0. The van der Waals surface area contributed by atoms with Crippen molar-refractivity contribution in [2.24, 2.45) is 5.73 Å². The van der Waals surface area contributed by atoms with Gasteiger partial charge in [0.1, 0.15) is 12.1 Å². The molecule has 0 spiro atoms. The second-order valence-electron chi connectivity index (χ2n) is 4.45. The number of nitrogens with zero attached hydrogens (tertiary/aromatic N) is 2. The third-order valence-corrected chi connectivity index (χ3v) is 3.72. The fourth-order valence-electron chi connectivity index (χ4n) is 2.39. The van der Waals surface area contributed by atoms with Crippen LogP contribution in [0.25, 0.3) is 0 Å². The van der Waals surface area contributed by atoms with E-state index in [2.05, 4.69) is 4.28 Å². The fourth-order valence-corrected chi connectivity index (χ4v) is 2.76. The molecule has 2 rings (SSSR count). The molecule has 2 heterocycles. The van der Waals surface area contributed by atoms with Gasteiger partial charge in [-0.15, -0.1) is 4.28 Å². The van der Waals surface area contributed by atoms with Gasteiger partial charge in [-0.1, -0.05) is 0 Å². The van der Waals surface area contributed by atoms with E-state index in [9.17, 15) is 18.0 Å². The first-order valence-electron chi connectivity index (χ1n) is 5.37. The van der Waals surface area contributed by atoms with E-state index in [1.165, 1.54) is 0 Å². The first-order chi connectivity index (χ1) is 8.63. The average molecular weight is 315 g/mol. The molecule has 11 heteroatoms. The van der Waals surface area contributed by atoms with Crippen molar-refractivity contribution < 1.29 is 57.8 Å². The molecule has 1 fully saturated rings. The first-order valence-corrected chi connectivity index (χ1v) is 6.73. The van der Waals surface area contributed by atoms with Crippen LogP contribution in [0.15, 0.2) is 11.1 Å².